The van der Waals surface area contributed by atoms with E-state index in [-0.39, 0.29) is 0 Å². The highest BCUT2D eigenvalue weighted by Crippen LogP contribution is 2.27. The largest absolute Gasteiger partial charge is 0.493 e. The van der Waals surface area contributed by atoms with Crippen molar-refractivity contribution in [2.45, 2.75) is 26.5 Å². The molecule has 0 bridgehead atoms. The predicted octanol–water partition coefficient (Wildman–Crippen LogP) is 3.49. The Hall–Kier alpha value is -2.73. The second-order valence-corrected chi connectivity index (χ2v) is 6.72. The minimum atomic E-state index is 0.658. The molecule has 0 saturated carbocycles. The normalized spacial score (nSPS) is 11.3. The highest BCUT2D eigenvalue weighted by molar-refractivity contribution is 5.79. The van der Waals surface area contributed by atoms with Crippen LogP contribution in [-0.2, 0) is 24.3 Å². The molecule has 0 radical (unpaired) electrons. The fraction of sp³-hybridized carbons (Fsp3) is 0.435. The van der Waals surface area contributed by atoms with Crippen LogP contribution in [0.1, 0.15) is 23.6 Å². The van der Waals surface area contributed by atoms with Gasteiger partial charge in [0, 0.05) is 33.8 Å². The molecule has 0 spiro atoms. The molecule has 0 aliphatic carbocycles. The molecule has 1 N–H and O–H groups in total. The fourth-order valence-corrected chi connectivity index (χ4v) is 2.98. The number of rotatable bonds is 10. The summed E-state index contributed by atoms with van der Waals surface area (Å²) in [6, 6.07) is 14.5. The van der Waals surface area contributed by atoms with Crippen LogP contribution in [0.3, 0.4) is 0 Å². The summed E-state index contributed by atoms with van der Waals surface area (Å²) in [7, 11) is 7.15. The van der Waals surface area contributed by atoms with E-state index < -0.39 is 0 Å². The van der Waals surface area contributed by atoms with E-state index in [1.54, 1.807) is 21.3 Å². The molecule has 158 valence electrons. The molecule has 2 aromatic carbocycles. The molecule has 0 amide bonds. The molecule has 0 aliphatic rings. The Bertz CT molecular complexity index is 775. The third kappa shape index (κ3) is 6.98. The zero-order valence-electron chi connectivity index (χ0n) is 18.2. The van der Waals surface area contributed by atoms with Crippen molar-refractivity contribution in [3.05, 3.63) is 59.2 Å². The van der Waals surface area contributed by atoms with Crippen LogP contribution in [0.4, 0.5) is 0 Å². The summed E-state index contributed by atoms with van der Waals surface area (Å²) in [4.78, 5) is 6.53. The summed E-state index contributed by atoms with van der Waals surface area (Å²) in [5.74, 6) is 2.36. The maximum atomic E-state index is 5.44. The van der Waals surface area contributed by atoms with E-state index in [2.05, 4.69) is 45.5 Å². The highest BCUT2D eigenvalue weighted by atomic mass is 16.5. The number of hydrogen-bond acceptors (Lipinski definition) is 4. The smallest absolute Gasteiger partial charge is 0.193 e. The number of benzene rings is 2. The van der Waals surface area contributed by atoms with Gasteiger partial charge in [-0.05, 0) is 42.2 Å². The lowest BCUT2D eigenvalue weighted by Crippen LogP contribution is -2.39. The van der Waals surface area contributed by atoms with Crippen molar-refractivity contribution in [3.8, 4) is 11.5 Å². The number of nitrogens with zero attached hydrogens (tertiary/aromatic N) is 2. The zero-order valence-corrected chi connectivity index (χ0v) is 18.2. The molecule has 6 nitrogen and oxygen atoms in total. The van der Waals surface area contributed by atoms with E-state index in [4.69, 9.17) is 14.2 Å². The first-order valence-corrected chi connectivity index (χ1v) is 9.89. The first-order chi connectivity index (χ1) is 14.1. The molecule has 2 aromatic rings. The van der Waals surface area contributed by atoms with Gasteiger partial charge in [-0.25, -0.2) is 0 Å². The van der Waals surface area contributed by atoms with Gasteiger partial charge in [0.15, 0.2) is 17.5 Å². The molecule has 0 fully saturated rings. The van der Waals surface area contributed by atoms with Crippen molar-refractivity contribution in [1.29, 1.82) is 0 Å². The third-order valence-corrected chi connectivity index (χ3v) is 4.70. The Morgan fingerprint density at radius 1 is 0.966 bits per heavy atom. The van der Waals surface area contributed by atoms with Gasteiger partial charge in [0.05, 0.1) is 20.8 Å². The van der Waals surface area contributed by atoms with Crippen molar-refractivity contribution in [1.82, 2.24) is 10.2 Å². The van der Waals surface area contributed by atoms with Gasteiger partial charge in [-0.15, -0.1) is 0 Å². The first kappa shape index (κ1) is 22.6. The molecule has 0 atom stereocenters. The third-order valence-electron chi connectivity index (χ3n) is 4.70. The van der Waals surface area contributed by atoms with Crippen LogP contribution in [0, 0.1) is 0 Å². The number of hydrogen-bond donors (Lipinski definition) is 1. The van der Waals surface area contributed by atoms with Gasteiger partial charge in [-0.1, -0.05) is 30.3 Å². The van der Waals surface area contributed by atoms with Crippen LogP contribution in [0.5, 0.6) is 11.5 Å². The van der Waals surface area contributed by atoms with E-state index in [0.29, 0.717) is 6.61 Å². The summed E-state index contributed by atoms with van der Waals surface area (Å²) < 4.78 is 16.1. The molecule has 2 rings (SSSR count). The van der Waals surface area contributed by atoms with Gasteiger partial charge in [-0.2, -0.15) is 0 Å². The minimum Gasteiger partial charge on any atom is -0.493 e. The monoisotopic (exact) mass is 399 g/mol. The fourth-order valence-electron chi connectivity index (χ4n) is 2.98. The molecule has 29 heavy (non-hydrogen) atoms. The Morgan fingerprint density at radius 2 is 1.62 bits per heavy atom. The van der Waals surface area contributed by atoms with Gasteiger partial charge < -0.3 is 24.4 Å². The summed E-state index contributed by atoms with van der Waals surface area (Å²) in [5.41, 5.74) is 3.58. The SMILES string of the molecule is CCOCc1ccc(CNC(=NC)N(C)CCc2ccc(OC)c(OC)c2)cc1. The lowest BCUT2D eigenvalue weighted by atomic mass is 10.1. The maximum Gasteiger partial charge on any atom is 0.193 e. The van der Waals surface area contributed by atoms with Gasteiger partial charge in [-0.3, -0.25) is 4.99 Å². The van der Waals surface area contributed by atoms with Crippen LogP contribution in [0.15, 0.2) is 47.5 Å². The van der Waals surface area contributed by atoms with Gasteiger partial charge in [0.1, 0.15) is 0 Å². The van der Waals surface area contributed by atoms with Crippen LogP contribution in [0.25, 0.3) is 0 Å². The van der Waals surface area contributed by atoms with Crippen molar-refractivity contribution in [2.75, 3.05) is 41.5 Å². The average Bonchev–Trinajstić information content (AvgIpc) is 2.77. The molecule has 0 saturated heterocycles. The van der Waals surface area contributed by atoms with Crippen LogP contribution < -0.4 is 14.8 Å². The second kappa shape index (κ2) is 12.0. The number of ether oxygens (including phenoxy) is 3. The van der Waals surface area contributed by atoms with E-state index >= 15 is 0 Å². The maximum absolute atomic E-state index is 5.44. The lowest BCUT2D eigenvalue weighted by Gasteiger charge is -2.22. The second-order valence-electron chi connectivity index (χ2n) is 6.72. The van der Waals surface area contributed by atoms with Crippen molar-refractivity contribution < 1.29 is 14.2 Å². The van der Waals surface area contributed by atoms with Crippen LogP contribution >= 0.6 is 0 Å². The minimum absolute atomic E-state index is 0.658. The topological polar surface area (TPSA) is 55.3 Å². The van der Waals surface area contributed by atoms with Gasteiger partial charge in [0.25, 0.3) is 0 Å². The number of likely N-dealkylation sites (N-methyl/N-ethyl adjacent to an activating group) is 1. The summed E-state index contributed by atoms with van der Waals surface area (Å²) in [5, 5.41) is 3.43. The summed E-state index contributed by atoms with van der Waals surface area (Å²) >= 11 is 0. The van der Waals surface area contributed by atoms with E-state index in [0.717, 1.165) is 43.6 Å². The standard InChI is InChI=1S/C23H33N3O3/c1-6-29-17-20-9-7-19(8-10-20)16-25-23(24-2)26(3)14-13-18-11-12-21(27-4)22(15-18)28-5/h7-12,15H,6,13-14,16-17H2,1-5H3,(H,24,25). The van der Waals surface area contributed by atoms with Crippen molar-refractivity contribution in [2.24, 2.45) is 4.99 Å². The Labute approximate surface area is 174 Å². The zero-order chi connectivity index (χ0) is 21.1. The predicted molar refractivity (Wildman–Crippen MR) is 118 cm³/mol. The molecular formula is C23H33N3O3. The molecule has 0 unspecified atom stereocenters. The molecule has 0 aromatic heterocycles. The highest BCUT2D eigenvalue weighted by Gasteiger charge is 2.08. The number of aliphatic imine (C=N–C) groups is 1. The van der Waals surface area contributed by atoms with E-state index in [1.807, 2.05) is 26.1 Å². The molecular weight excluding hydrogens is 366 g/mol. The van der Waals surface area contributed by atoms with E-state index in [1.165, 1.54) is 16.7 Å². The number of guanidine groups is 1. The summed E-state index contributed by atoms with van der Waals surface area (Å²) in [6.45, 7) is 4.95. The Balaban J connectivity index is 1.86. The molecule has 0 heterocycles. The van der Waals surface area contributed by atoms with Crippen molar-refractivity contribution in [3.63, 3.8) is 0 Å². The number of methoxy groups -OCH3 is 2. The van der Waals surface area contributed by atoms with Gasteiger partial charge >= 0.3 is 0 Å². The molecule has 6 heteroatoms. The Kier molecular flexibility index (Phi) is 9.31. The van der Waals surface area contributed by atoms with E-state index in [9.17, 15) is 0 Å². The van der Waals surface area contributed by atoms with Crippen LogP contribution in [0.2, 0.25) is 0 Å². The average molecular weight is 400 g/mol. The first-order valence-electron chi connectivity index (χ1n) is 9.89. The quantitative estimate of drug-likeness (QED) is 0.490. The summed E-state index contributed by atoms with van der Waals surface area (Å²) in [6.07, 6.45) is 0.879. The lowest BCUT2D eigenvalue weighted by molar-refractivity contribution is 0.134. The van der Waals surface area contributed by atoms with Gasteiger partial charge in [0.2, 0.25) is 0 Å². The van der Waals surface area contributed by atoms with Crippen molar-refractivity contribution >= 4 is 5.96 Å². The van der Waals surface area contributed by atoms with Crippen LogP contribution in [-0.4, -0.2) is 52.3 Å². The molecule has 0 aliphatic heterocycles. The Morgan fingerprint density at radius 3 is 2.24 bits per heavy atom. The number of nitrogens with one attached hydrogen (secondary N) is 1.